The standard InChI is InChI=1S/C50H35N/c1-3-13-36(14-4-1)42-20-11-21-43(35-42)37-25-30-44(31-26-37)51(49-24-12-19-38-15-7-9-22-46(38)49)45-32-27-40(28-33-45)48-34-29-39-16-8-10-23-47(39)50(48)41-17-5-2-6-18-41/h1-35H. The van der Waals surface area contributed by atoms with E-state index in [4.69, 9.17) is 0 Å². The molecule has 0 unspecified atom stereocenters. The van der Waals surface area contributed by atoms with Gasteiger partial charge in [0.1, 0.15) is 0 Å². The van der Waals surface area contributed by atoms with Gasteiger partial charge in [0.2, 0.25) is 0 Å². The summed E-state index contributed by atoms with van der Waals surface area (Å²) in [5.74, 6) is 0. The Morgan fingerprint density at radius 3 is 1.41 bits per heavy atom. The fourth-order valence-electron chi connectivity index (χ4n) is 7.36. The van der Waals surface area contributed by atoms with Gasteiger partial charge in [0, 0.05) is 16.8 Å². The molecule has 0 heterocycles. The second kappa shape index (κ2) is 13.3. The predicted octanol–water partition coefficient (Wildman–Crippen LogP) is 14.1. The van der Waals surface area contributed by atoms with Gasteiger partial charge in [0.05, 0.1) is 5.69 Å². The highest BCUT2D eigenvalue weighted by Crippen LogP contribution is 2.42. The van der Waals surface area contributed by atoms with E-state index in [0.29, 0.717) is 0 Å². The van der Waals surface area contributed by atoms with Crippen LogP contribution in [0.15, 0.2) is 212 Å². The number of hydrogen-bond acceptors (Lipinski definition) is 1. The van der Waals surface area contributed by atoms with Crippen LogP contribution in [0.1, 0.15) is 0 Å². The molecular formula is C50H35N. The molecule has 51 heavy (non-hydrogen) atoms. The Morgan fingerprint density at radius 1 is 0.275 bits per heavy atom. The van der Waals surface area contributed by atoms with Crippen molar-refractivity contribution in [2.45, 2.75) is 0 Å². The van der Waals surface area contributed by atoms with Gasteiger partial charge >= 0.3 is 0 Å². The van der Waals surface area contributed by atoms with Crippen molar-refractivity contribution in [1.82, 2.24) is 0 Å². The van der Waals surface area contributed by atoms with Crippen molar-refractivity contribution in [3.8, 4) is 44.5 Å². The smallest absolute Gasteiger partial charge is 0.0540 e. The molecule has 1 heteroatoms. The molecule has 240 valence electrons. The van der Waals surface area contributed by atoms with Gasteiger partial charge in [-0.05, 0) is 97.1 Å². The normalized spacial score (nSPS) is 11.1. The quantitative estimate of drug-likeness (QED) is 0.166. The molecule has 0 spiro atoms. The van der Waals surface area contributed by atoms with Crippen LogP contribution in [0, 0.1) is 0 Å². The number of rotatable bonds is 7. The lowest BCUT2D eigenvalue weighted by Gasteiger charge is -2.27. The van der Waals surface area contributed by atoms with Crippen molar-refractivity contribution in [1.29, 1.82) is 0 Å². The number of nitrogens with zero attached hydrogens (tertiary/aromatic N) is 1. The highest BCUT2D eigenvalue weighted by Gasteiger charge is 2.17. The van der Waals surface area contributed by atoms with Gasteiger partial charge in [0.25, 0.3) is 0 Å². The van der Waals surface area contributed by atoms with Gasteiger partial charge in [-0.3, -0.25) is 0 Å². The topological polar surface area (TPSA) is 3.24 Å². The Kier molecular flexibility index (Phi) is 7.92. The first-order chi connectivity index (χ1) is 25.3. The molecule has 0 aliphatic heterocycles. The van der Waals surface area contributed by atoms with E-state index in [1.165, 1.54) is 66.1 Å². The van der Waals surface area contributed by atoms with Crippen LogP contribution in [-0.2, 0) is 0 Å². The van der Waals surface area contributed by atoms with Crippen molar-refractivity contribution in [2.75, 3.05) is 4.90 Å². The second-order valence-electron chi connectivity index (χ2n) is 12.9. The van der Waals surface area contributed by atoms with E-state index in [1.54, 1.807) is 0 Å². The molecule has 0 aliphatic carbocycles. The molecule has 0 amide bonds. The van der Waals surface area contributed by atoms with Crippen LogP contribution < -0.4 is 4.90 Å². The zero-order valence-electron chi connectivity index (χ0n) is 28.2. The van der Waals surface area contributed by atoms with E-state index >= 15 is 0 Å². The van der Waals surface area contributed by atoms with E-state index in [0.717, 1.165) is 17.1 Å². The zero-order valence-corrected chi connectivity index (χ0v) is 28.2. The van der Waals surface area contributed by atoms with Crippen LogP contribution in [-0.4, -0.2) is 0 Å². The fraction of sp³-hybridized carbons (Fsp3) is 0. The van der Waals surface area contributed by atoms with Crippen LogP contribution in [0.25, 0.3) is 66.1 Å². The van der Waals surface area contributed by atoms with Gasteiger partial charge in [-0.1, -0.05) is 176 Å². The average Bonchev–Trinajstić information content (AvgIpc) is 3.22. The van der Waals surface area contributed by atoms with E-state index in [9.17, 15) is 0 Å². The van der Waals surface area contributed by atoms with Crippen molar-refractivity contribution in [3.05, 3.63) is 212 Å². The van der Waals surface area contributed by atoms with Gasteiger partial charge in [-0.2, -0.15) is 0 Å². The first-order valence-electron chi connectivity index (χ1n) is 17.5. The third kappa shape index (κ3) is 5.86. The Bertz CT molecular complexity index is 2600. The van der Waals surface area contributed by atoms with Gasteiger partial charge < -0.3 is 4.90 Å². The summed E-state index contributed by atoms with van der Waals surface area (Å²) in [4.78, 5) is 2.38. The lowest BCUT2D eigenvalue weighted by molar-refractivity contribution is 1.30. The molecule has 9 rings (SSSR count). The maximum absolute atomic E-state index is 2.38. The molecule has 9 aromatic rings. The van der Waals surface area contributed by atoms with Gasteiger partial charge in [-0.15, -0.1) is 0 Å². The average molecular weight is 650 g/mol. The highest BCUT2D eigenvalue weighted by molar-refractivity contribution is 6.04. The molecule has 0 atom stereocenters. The zero-order chi connectivity index (χ0) is 34.0. The maximum atomic E-state index is 2.38. The number of fused-ring (bicyclic) bond motifs is 2. The van der Waals surface area contributed by atoms with Gasteiger partial charge in [-0.25, -0.2) is 0 Å². The molecule has 9 aromatic carbocycles. The minimum absolute atomic E-state index is 1.11. The minimum atomic E-state index is 1.11. The lowest BCUT2D eigenvalue weighted by Crippen LogP contribution is -2.10. The summed E-state index contributed by atoms with van der Waals surface area (Å²) in [6.45, 7) is 0. The highest BCUT2D eigenvalue weighted by atomic mass is 15.1. The Morgan fingerprint density at radius 2 is 0.745 bits per heavy atom. The monoisotopic (exact) mass is 649 g/mol. The largest absolute Gasteiger partial charge is 0.310 e. The third-order valence-corrected chi connectivity index (χ3v) is 9.86. The molecular weight excluding hydrogens is 615 g/mol. The summed E-state index contributed by atoms with van der Waals surface area (Å²) in [7, 11) is 0. The summed E-state index contributed by atoms with van der Waals surface area (Å²) in [5.41, 5.74) is 13.1. The SMILES string of the molecule is c1ccc(-c2cccc(-c3ccc(N(c4ccc(-c5ccc6ccccc6c5-c5ccccc5)cc4)c4cccc5ccccc45)cc3)c2)cc1. The van der Waals surface area contributed by atoms with Crippen LogP contribution in [0.3, 0.4) is 0 Å². The molecule has 1 nitrogen and oxygen atoms in total. The first kappa shape index (κ1) is 30.4. The summed E-state index contributed by atoms with van der Waals surface area (Å²) >= 11 is 0. The van der Waals surface area contributed by atoms with Crippen molar-refractivity contribution in [2.24, 2.45) is 0 Å². The first-order valence-corrected chi connectivity index (χ1v) is 17.5. The van der Waals surface area contributed by atoms with E-state index < -0.39 is 0 Å². The summed E-state index contributed by atoms with van der Waals surface area (Å²) in [6, 6.07) is 76.6. The molecule has 0 aromatic heterocycles. The molecule has 0 bridgehead atoms. The van der Waals surface area contributed by atoms with Crippen LogP contribution >= 0.6 is 0 Å². The minimum Gasteiger partial charge on any atom is -0.310 e. The molecule has 0 N–H and O–H groups in total. The summed E-state index contributed by atoms with van der Waals surface area (Å²) in [6.07, 6.45) is 0. The Balaban J connectivity index is 1.14. The van der Waals surface area contributed by atoms with Crippen molar-refractivity contribution in [3.63, 3.8) is 0 Å². The third-order valence-electron chi connectivity index (χ3n) is 9.86. The summed E-state index contributed by atoms with van der Waals surface area (Å²) < 4.78 is 0. The molecule has 0 saturated heterocycles. The van der Waals surface area contributed by atoms with E-state index in [1.807, 2.05) is 0 Å². The maximum Gasteiger partial charge on any atom is 0.0540 e. The van der Waals surface area contributed by atoms with Crippen molar-refractivity contribution < 1.29 is 0 Å². The number of anilines is 3. The Hall–Kier alpha value is -6.70. The number of benzene rings is 9. The molecule has 0 saturated carbocycles. The second-order valence-corrected chi connectivity index (χ2v) is 12.9. The molecule has 0 fully saturated rings. The lowest BCUT2D eigenvalue weighted by atomic mass is 9.90. The Labute approximate surface area is 299 Å². The van der Waals surface area contributed by atoms with Crippen LogP contribution in [0.4, 0.5) is 17.1 Å². The van der Waals surface area contributed by atoms with Crippen LogP contribution in [0.5, 0.6) is 0 Å². The van der Waals surface area contributed by atoms with Crippen molar-refractivity contribution >= 4 is 38.6 Å². The predicted molar refractivity (Wildman–Crippen MR) is 218 cm³/mol. The van der Waals surface area contributed by atoms with Gasteiger partial charge in [0.15, 0.2) is 0 Å². The summed E-state index contributed by atoms with van der Waals surface area (Å²) in [5, 5.41) is 4.94. The number of hydrogen-bond donors (Lipinski definition) is 0. The fourth-order valence-corrected chi connectivity index (χ4v) is 7.36. The van der Waals surface area contributed by atoms with E-state index in [-0.39, 0.29) is 0 Å². The molecule has 0 aliphatic rings. The molecule has 0 radical (unpaired) electrons. The van der Waals surface area contributed by atoms with Crippen LogP contribution in [0.2, 0.25) is 0 Å². The van der Waals surface area contributed by atoms with E-state index in [2.05, 4.69) is 217 Å².